The number of likely N-dealkylation sites (tertiary alicyclic amines) is 1. The SMILES string of the molecule is COC(=O)[C@H](CNC(=O)c1cc2cc(CCCC3CCN(C(=O)OC(C)(C)C)CC3)sc2s1)NS(=O)(=O)c1cccnc1. The zero-order valence-corrected chi connectivity index (χ0v) is 27.2. The highest BCUT2D eigenvalue weighted by Crippen LogP contribution is 2.35. The summed E-state index contributed by atoms with van der Waals surface area (Å²) in [5.41, 5.74) is -0.482. The third kappa shape index (κ3) is 9.21. The van der Waals surface area contributed by atoms with Crippen LogP contribution in [0.5, 0.6) is 0 Å². The van der Waals surface area contributed by atoms with E-state index in [1.54, 1.807) is 16.2 Å². The van der Waals surface area contributed by atoms with Gasteiger partial charge in [-0.3, -0.25) is 14.6 Å². The molecule has 3 aromatic rings. The first kappa shape index (κ1) is 32.8. The fourth-order valence-electron chi connectivity index (χ4n) is 4.78. The molecule has 1 aliphatic heterocycles. The molecule has 0 saturated carbocycles. The lowest BCUT2D eigenvalue weighted by molar-refractivity contribution is -0.142. The van der Waals surface area contributed by atoms with Crippen molar-refractivity contribution in [2.45, 2.75) is 69.4 Å². The number of ether oxygens (including phenoxy) is 2. The van der Waals surface area contributed by atoms with Crippen LogP contribution >= 0.6 is 22.7 Å². The number of thiophene rings is 2. The summed E-state index contributed by atoms with van der Waals surface area (Å²) < 4.78 is 38.8. The first-order chi connectivity index (χ1) is 20.3. The van der Waals surface area contributed by atoms with Crippen LogP contribution in [0.4, 0.5) is 4.79 Å². The number of piperidine rings is 1. The van der Waals surface area contributed by atoms with E-state index in [-0.39, 0.29) is 17.5 Å². The van der Waals surface area contributed by atoms with Gasteiger partial charge in [0, 0.05) is 42.3 Å². The number of fused-ring (bicyclic) bond motifs is 1. The van der Waals surface area contributed by atoms with Gasteiger partial charge in [0.2, 0.25) is 10.0 Å². The number of nitrogens with zero attached hydrogens (tertiary/aromatic N) is 2. The highest BCUT2D eigenvalue weighted by molar-refractivity contribution is 7.89. The molecule has 0 bridgehead atoms. The third-order valence-electron chi connectivity index (χ3n) is 6.99. The maximum absolute atomic E-state index is 12.9. The Morgan fingerprint density at radius 3 is 2.53 bits per heavy atom. The van der Waals surface area contributed by atoms with Crippen molar-refractivity contribution in [3.63, 3.8) is 0 Å². The van der Waals surface area contributed by atoms with Crippen molar-refractivity contribution in [1.82, 2.24) is 19.9 Å². The van der Waals surface area contributed by atoms with Crippen LogP contribution in [0.1, 0.15) is 61.0 Å². The molecule has 0 radical (unpaired) electrons. The number of rotatable bonds is 11. The van der Waals surface area contributed by atoms with Crippen LogP contribution < -0.4 is 10.0 Å². The Kier molecular flexibility index (Phi) is 10.8. The van der Waals surface area contributed by atoms with Gasteiger partial charge in [0.15, 0.2) is 0 Å². The van der Waals surface area contributed by atoms with Crippen molar-refractivity contribution in [3.05, 3.63) is 46.4 Å². The van der Waals surface area contributed by atoms with Crippen LogP contribution in [-0.2, 0) is 30.7 Å². The maximum Gasteiger partial charge on any atom is 0.410 e. The molecule has 2 amide bonds. The minimum absolute atomic E-state index is 0.104. The summed E-state index contributed by atoms with van der Waals surface area (Å²) in [7, 11) is -2.90. The van der Waals surface area contributed by atoms with Gasteiger partial charge in [0.1, 0.15) is 16.5 Å². The molecule has 11 nitrogen and oxygen atoms in total. The molecule has 14 heteroatoms. The fourth-order valence-corrected chi connectivity index (χ4v) is 8.38. The lowest BCUT2D eigenvalue weighted by atomic mass is 9.91. The molecular weight excluding hydrogens is 613 g/mol. The van der Waals surface area contributed by atoms with Gasteiger partial charge in [-0.2, -0.15) is 4.72 Å². The molecule has 1 atom stereocenters. The molecule has 234 valence electrons. The van der Waals surface area contributed by atoms with E-state index in [4.69, 9.17) is 9.47 Å². The number of pyridine rings is 1. The van der Waals surface area contributed by atoms with Crippen LogP contribution in [-0.4, -0.2) is 74.7 Å². The standard InChI is InChI=1S/C29H38N4O7S3/c1-29(2,3)40-28(36)33-13-10-19(11-14-33)7-5-8-21-15-20-16-24(42-27(20)41-21)25(34)31-18-23(26(35)39-4)32-43(37,38)22-9-6-12-30-17-22/h6,9,12,15-17,19,23,32H,5,7-8,10-11,13-14,18H2,1-4H3,(H,31,34)/t23-/m0/s1. The van der Waals surface area contributed by atoms with Crippen LogP contribution in [0, 0.1) is 5.92 Å². The van der Waals surface area contributed by atoms with E-state index in [1.165, 1.54) is 40.7 Å². The second-order valence-electron chi connectivity index (χ2n) is 11.5. The molecule has 3 aromatic heterocycles. The average Bonchev–Trinajstić information content (AvgIpc) is 3.54. The highest BCUT2D eigenvalue weighted by Gasteiger charge is 2.28. The first-order valence-electron chi connectivity index (χ1n) is 14.1. The van der Waals surface area contributed by atoms with Gasteiger partial charge in [0.25, 0.3) is 5.91 Å². The van der Waals surface area contributed by atoms with Crippen LogP contribution in [0.3, 0.4) is 0 Å². The van der Waals surface area contributed by atoms with Crippen LogP contribution in [0.2, 0.25) is 0 Å². The number of amides is 2. The number of aryl methyl sites for hydroxylation is 1. The lowest BCUT2D eigenvalue weighted by Crippen LogP contribution is -2.48. The van der Waals surface area contributed by atoms with Crippen molar-refractivity contribution in [2.75, 3.05) is 26.7 Å². The number of methoxy groups -OCH3 is 1. The topological polar surface area (TPSA) is 144 Å². The molecule has 1 saturated heterocycles. The third-order valence-corrected chi connectivity index (χ3v) is 10.9. The number of sulfonamides is 1. The summed E-state index contributed by atoms with van der Waals surface area (Å²) in [5.74, 6) is -0.627. The van der Waals surface area contributed by atoms with E-state index in [1.807, 2.05) is 26.8 Å². The van der Waals surface area contributed by atoms with Gasteiger partial charge in [0.05, 0.1) is 16.0 Å². The summed E-state index contributed by atoms with van der Waals surface area (Å²) in [6, 6.07) is 5.44. The highest BCUT2D eigenvalue weighted by atomic mass is 32.2. The lowest BCUT2D eigenvalue weighted by Gasteiger charge is -2.33. The number of carbonyl (C=O) groups excluding carboxylic acids is 3. The quantitative estimate of drug-likeness (QED) is 0.287. The van der Waals surface area contributed by atoms with Gasteiger partial charge in [-0.25, -0.2) is 13.2 Å². The van der Waals surface area contributed by atoms with Crippen molar-refractivity contribution >= 4 is 60.1 Å². The van der Waals surface area contributed by atoms with Gasteiger partial charge in [-0.15, -0.1) is 22.7 Å². The molecule has 1 aliphatic rings. The largest absolute Gasteiger partial charge is 0.468 e. The van der Waals surface area contributed by atoms with Crippen molar-refractivity contribution in [3.8, 4) is 0 Å². The number of esters is 1. The predicted molar refractivity (Wildman–Crippen MR) is 166 cm³/mol. The second kappa shape index (κ2) is 14.1. The molecule has 0 aromatic carbocycles. The summed E-state index contributed by atoms with van der Waals surface area (Å²) >= 11 is 3.03. The van der Waals surface area contributed by atoms with E-state index < -0.39 is 33.5 Å². The Balaban J connectivity index is 1.24. The summed E-state index contributed by atoms with van der Waals surface area (Å²) in [6.07, 6.45) is 7.46. The van der Waals surface area contributed by atoms with Crippen LogP contribution in [0.15, 0.2) is 41.6 Å². The predicted octanol–water partition coefficient (Wildman–Crippen LogP) is 4.58. The van der Waals surface area contributed by atoms with E-state index in [0.717, 1.165) is 61.7 Å². The molecule has 43 heavy (non-hydrogen) atoms. The van der Waals surface area contributed by atoms with E-state index in [2.05, 4.69) is 21.1 Å². The number of hydrogen-bond acceptors (Lipinski definition) is 10. The number of carbonyl (C=O) groups is 3. The smallest absolute Gasteiger partial charge is 0.410 e. The molecule has 0 spiro atoms. The fraction of sp³-hybridized carbons (Fsp3) is 0.517. The summed E-state index contributed by atoms with van der Waals surface area (Å²) in [5, 5.41) is 3.63. The van der Waals surface area contributed by atoms with Crippen molar-refractivity contribution in [1.29, 1.82) is 0 Å². The Bertz CT molecular complexity index is 1490. The van der Waals surface area contributed by atoms with Gasteiger partial charge in [-0.1, -0.05) is 0 Å². The van der Waals surface area contributed by atoms with E-state index >= 15 is 0 Å². The molecule has 0 unspecified atom stereocenters. The maximum atomic E-state index is 12.9. The number of hydrogen-bond donors (Lipinski definition) is 2. The van der Waals surface area contributed by atoms with Gasteiger partial charge < -0.3 is 19.7 Å². The number of aromatic nitrogens is 1. The van der Waals surface area contributed by atoms with Crippen LogP contribution in [0.25, 0.3) is 9.40 Å². The molecular formula is C29H38N4O7S3. The zero-order valence-electron chi connectivity index (χ0n) is 24.8. The molecule has 1 fully saturated rings. The molecule has 4 rings (SSSR count). The second-order valence-corrected chi connectivity index (χ2v) is 15.6. The average molecular weight is 651 g/mol. The monoisotopic (exact) mass is 650 g/mol. The van der Waals surface area contributed by atoms with E-state index in [9.17, 15) is 22.8 Å². The minimum Gasteiger partial charge on any atom is -0.468 e. The Morgan fingerprint density at radius 2 is 1.91 bits per heavy atom. The molecule has 4 heterocycles. The normalized spacial score (nSPS) is 15.3. The molecule has 2 N–H and O–H groups in total. The summed E-state index contributed by atoms with van der Waals surface area (Å²) in [6.45, 7) is 6.83. The Morgan fingerprint density at radius 1 is 1.16 bits per heavy atom. The molecule has 0 aliphatic carbocycles. The van der Waals surface area contributed by atoms with Crippen molar-refractivity contribution < 1.29 is 32.3 Å². The van der Waals surface area contributed by atoms with E-state index in [0.29, 0.717) is 10.8 Å². The first-order valence-corrected chi connectivity index (χ1v) is 17.2. The summed E-state index contributed by atoms with van der Waals surface area (Å²) in [4.78, 5) is 44.6. The Labute approximate surface area is 260 Å². The van der Waals surface area contributed by atoms with Gasteiger partial charge >= 0.3 is 12.1 Å². The van der Waals surface area contributed by atoms with Gasteiger partial charge in [-0.05, 0) is 83.1 Å². The Hall–Kier alpha value is -3.07. The zero-order chi connectivity index (χ0) is 31.2. The minimum atomic E-state index is -4.05. The van der Waals surface area contributed by atoms with Crippen molar-refractivity contribution in [2.24, 2.45) is 5.92 Å². The number of nitrogens with one attached hydrogen (secondary N) is 2.